The van der Waals surface area contributed by atoms with Crippen molar-refractivity contribution in [3.8, 4) is 11.3 Å². The smallest absolute Gasteiger partial charge is 0.363 e. The van der Waals surface area contributed by atoms with Crippen LogP contribution in [-0.2, 0) is 6.18 Å². The predicted molar refractivity (Wildman–Crippen MR) is 110 cm³/mol. The summed E-state index contributed by atoms with van der Waals surface area (Å²) in [6.45, 7) is 0. The molecule has 172 valence electrons. The number of pyridine rings is 1. The lowest BCUT2D eigenvalue weighted by molar-refractivity contribution is -0.138. The van der Waals surface area contributed by atoms with Crippen molar-refractivity contribution in [2.24, 2.45) is 0 Å². The quantitative estimate of drug-likeness (QED) is 0.522. The van der Waals surface area contributed by atoms with Gasteiger partial charge in [0.05, 0.1) is 23.2 Å². The summed E-state index contributed by atoms with van der Waals surface area (Å²) in [5, 5.41) is 2.88. The Hall–Kier alpha value is -3.43. The maximum Gasteiger partial charge on any atom is 0.417 e. The van der Waals surface area contributed by atoms with Crippen LogP contribution in [0.5, 0.6) is 0 Å². The molecule has 3 aromatic rings. The van der Waals surface area contributed by atoms with Crippen molar-refractivity contribution in [3.63, 3.8) is 0 Å². The molecule has 4 heterocycles. The van der Waals surface area contributed by atoms with Gasteiger partial charge in [-0.15, -0.1) is 0 Å². The third kappa shape index (κ3) is 3.73. The largest absolute Gasteiger partial charge is 0.417 e. The number of anilines is 1. The monoisotopic (exact) mass is 462 g/mol. The number of aromatic nitrogens is 2. The summed E-state index contributed by atoms with van der Waals surface area (Å²) in [6.07, 6.45) is -0.596. The number of rotatable bonds is 4. The molecule has 2 fully saturated rings. The highest BCUT2D eigenvalue weighted by molar-refractivity contribution is 6.01. The Balaban J connectivity index is 1.40. The number of nitrogens with zero attached hydrogens (tertiary/aromatic N) is 2. The Kier molecular flexibility index (Phi) is 5.10. The SMILES string of the molecule is O=C(c1cccc(F)c1-c1ccc[nH]1)N1[C@@H]2CC[C@H]1[C@H](Nc1ncc(C(F)(F)F)cc1F)C2. The molecule has 2 aliphatic heterocycles. The lowest BCUT2D eigenvalue weighted by Gasteiger charge is -2.26. The van der Waals surface area contributed by atoms with E-state index < -0.39 is 23.4 Å². The first-order chi connectivity index (χ1) is 15.7. The van der Waals surface area contributed by atoms with Crippen LogP contribution >= 0.6 is 0 Å². The highest BCUT2D eigenvalue weighted by atomic mass is 19.4. The van der Waals surface area contributed by atoms with Gasteiger partial charge in [-0.2, -0.15) is 13.2 Å². The maximum atomic E-state index is 14.7. The molecule has 5 rings (SSSR count). The molecule has 2 aromatic heterocycles. The first-order valence-corrected chi connectivity index (χ1v) is 10.5. The van der Waals surface area contributed by atoms with Gasteiger partial charge in [-0.1, -0.05) is 6.07 Å². The molecule has 0 radical (unpaired) electrons. The fourth-order valence-corrected chi connectivity index (χ4v) is 4.94. The molecule has 5 nitrogen and oxygen atoms in total. The van der Waals surface area contributed by atoms with Crippen molar-refractivity contribution >= 4 is 11.7 Å². The van der Waals surface area contributed by atoms with Crippen LogP contribution in [0.3, 0.4) is 0 Å². The van der Waals surface area contributed by atoms with E-state index in [0.29, 0.717) is 30.8 Å². The topological polar surface area (TPSA) is 61.0 Å². The van der Waals surface area contributed by atoms with Crippen LogP contribution in [0.1, 0.15) is 35.2 Å². The lowest BCUT2D eigenvalue weighted by atomic mass is 9.95. The van der Waals surface area contributed by atoms with E-state index in [4.69, 9.17) is 0 Å². The van der Waals surface area contributed by atoms with Crippen LogP contribution in [0.25, 0.3) is 11.3 Å². The van der Waals surface area contributed by atoms with E-state index in [9.17, 15) is 26.7 Å². The molecular weight excluding hydrogens is 443 g/mol. The average Bonchev–Trinajstić information content (AvgIpc) is 3.50. The number of alkyl halides is 3. The van der Waals surface area contributed by atoms with E-state index in [1.54, 1.807) is 29.3 Å². The van der Waals surface area contributed by atoms with Crippen molar-refractivity contribution in [2.45, 2.75) is 43.6 Å². The zero-order chi connectivity index (χ0) is 23.3. The summed E-state index contributed by atoms with van der Waals surface area (Å²) < 4.78 is 67.3. The second-order valence-electron chi connectivity index (χ2n) is 8.30. The Labute approximate surface area is 185 Å². The Morgan fingerprint density at radius 2 is 1.94 bits per heavy atom. The van der Waals surface area contributed by atoms with Crippen molar-refractivity contribution in [1.82, 2.24) is 14.9 Å². The first kappa shape index (κ1) is 21.4. The maximum absolute atomic E-state index is 14.7. The minimum Gasteiger partial charge on any atom is -0.363 e. The molecule has 10 heteroatoms. The number of fused-ring (bicyclic) bond motifs is 2. The Bertz CT molecular complexity index is 1190. The summed E-state index contributed by atoms with van der Waals surface area (Å²) >= 11 is 0. The molecule has 2 aliphatic rings. The molecule has 33 heavy (non-hydrogen) atoms. The minimum absolute atomic E-state index is 0.141. The normalized spacial score (nSPS) is 22.1. The molecule has 0 spiro atoms. The Morgan fingerprint density at radius 1 is 1.12 bits per heavy atom. The molecule has 1 aromatic carbocycles. The van der Waals surface area contributed by atoms with Crippen LogP contribution in [-0.4, -0.2) is 38.9 Å². The van der Waals surface area contributed by atoms with E-state index in [0.717, 1.165) is 6.42 Å². The summed E-state index contributed by atoms with van der Waals surface area (Å²) in [5.41, 5.74) is -0.292. The molecule has 3 atom stereocenters. The van der Waals surface area contributed by atoms with E-state index in [-0.39, 0.29) is 41.0 Å². The molecule has 2 N–H and O–H groups in total. The summed E-state index contributed by atoms with van der Waals surface area (Å²) in [5.74, 6) is -2.26. The minimum atomic E-state index is -4.69. The molecule has 2 saturated heterocycles. The number of carbonyl (C=O) groups excluding carboxylic acids is 1. The molecule has 0 saturated carbocycles. The number of nitrogens with one attached hydrogen (secondary N) is 2. The van der Waals surface area contributed by atoms with Gasteiger partial charge in [-0.05, 0) is 49.6 Å². The van der Waals surface area contributed by atoms with Crippen LogP contribution in [0.4, 0.5) is 27.8 Å². The number of carbonyl (C=O) groups is 1. The van der Waals surface area contributed by atoms with Gasteiger partial charge in [0.25, 0.3) is 5.91 Å². The van der Waals surface area contributed by atoms with Crippen LogP contribution in [0, 0.1) is 11.6 Å². The van der Waals surface area contributed by atoms with Gasteiger partial charge in [0.2, 0.25) is 0 Å². The number of amides is 1. The second-order valence-corrected chi connectivity index (χ2v) is 8.30. The number of aromatic amines is 1. The Morgan fingerprint density at radius 3 is 2.64 bits per heavy atom. The van der Waals surface area contributed by atoms with Crippen LogP contribution in [0.2, 0.25) is 0 Å². The summed E-state index contributed by atoms with van der Waals surface area (Å²) in [7, 11) is 0. The molecular formula is C23H19F5N4O. The molecule has 1 amide bonds. The summed E-state index contributed by atoms with van der Waals surface area (Å²) in [4.78, 5) is 21.7. The van der Waals surface area contributed by atoms with Gasteiger partial charge in [-0.3, -0.25) is 4.79 Å². The van der Waals surface area contributed by atoms with Gasteiger partial charge in [0.15, 0.2) is 11.6 Å². The van der Waals surface area contributed by atoms with Crippen LogP contribution in [0.15, 0.2) is 48.8 Å². The molecule has 2 bridgehead atoms. The van der Waals surface area contributed by atoms with Gasteiger partial charge in [-0.25, -0.2) is 13.8 Å². The third-order valence-electron chi connectivity index (χ3n) is 6.37. The van der Waals surface area contributed by atoms with Gasteiger partial charge in [0.1, 0.15) is 5.82 Å². The van der Waals surface area contributed by atoms with E-state index >= 15 is 0 Å². The summed E-state index contributed by atoms with van der Waals surface area (Å²) in [6, 6.07) is 7.29. The molecule has 0 aliphatic carbocycles. The number of benzene rings is 1. The lowest BCUT2D eigenvalue weighted by Crippen LogP contribution is -2.40. The number of hydrogen-bond donors (Lipinski definition) is 2. The van der Waals surface area contributed by atoms with Crippen molar-refractivity contribution in [3.05, 3.63) is 71.6 Å². The second kappa shape index (κ2) is 7.86. The van der Waals surface area contributed by atoms with E-state index in [2.05, 4.69) is 15.3 Å². The number of hydrogen-bond acceptors (Lipinski definition) is 3. The zero-order valence-electron chi connectivity index (χ0n) is 17.2. The van der Waals surface area contributed by atoms with Crippen molar-refractivity contribution in [2.75, 3.05) is 5.32 Å². The van der Waals surface area contributed by atoms with Gasteiger partial charge < -0.3 is 15.2 Å². The third-order valence-corrected chi connectivity index (χ3v) is 6.37. The zero-order valence-corrected chi connectivity index (χ0v) is 17.2. The van der Waals surface area contributed by atoms with Crippen LogP contribution < -0.4 is 5.32 Å². The predicted octanol–water partition coefficient (Wildman–Crippen LogP) is 5.23. The average molecular weight is 462 g/mol. The number of halogens is 5. The van der Waals surface area contributed by atoms with Crippen molar-refractivity contribution in [1.29, 1.82) is 0 Å². The van der Waals surface area contributed by atoms with Gasteiger partial charge in [0, 0.05) is 29.7 Å². The first-order valence-electron chi connectivity index (χ1n) is 10.5. The van der Waals surface area contributed by atoms with E-state index in [1.807, 2.05) is 0 Å². The number of H-pyrrole nitrogens is 1. The highest BCUT2D eigenvalue weighted by Crippen LogP contribution is 2.41. The molecule has 0 unspecified atom stereocenters. The highest BCUT2D eigenvalue weighted by Gasteiger charge is 2.49. The van der Waals surface area contributed by atoms with Gasteiger partial charge >= 0.3 is 6.18 Å². The van der Waals surface area contributed by atoms with Crippen molar-refractivity contribution < 1.29 is 26.7 Å². The fraction of sp³-hybridized carbons (Fsp3) is 0.304. The standard InChI is InChI=1S/C23H19F5N4O/c24-15-4-1-3-14(20(15)17-5-2-8-29-17)22(33)32-13-6-7-19(32)18(10-13)31-21-16(25)9-12(11-30-21)23(26,27)28/h1-5,8-9,11,13,18-19,29H,6-7,10H2,(H,30,31)/t13-,18-,19+/m1/s1. The van der Waals surface area contributed by atoms with E-state index in [1.165, 1.54) is 12.1 Å². The fourth-order valence-electron chi connectivity index (χ4n) is 4.94.